The maximum Gasteiger partial charge on any atom is 0.161 e. The Kier molecular flexibility index (Phi) is 2.19. The highest BCUT2D eigenvalue weighted by atomic mass is 14.9. The van der Waals surface area contributed by atoms with E-state index >= 15 is 0 Å². The molecule has 0 saturated heterocycles. The van der Waals surface area contributed by atoms with Crippen molar-refractivity contribution in [3.05, 3.63) is 48.9 Å². The van der Waals surface area contributed by atoms with E-state index in [9.17, 15) is 0 Å². The van der Waals surface area contributed by atoms with Crippen LogP contribution in [0.3, 0.4) is 0 Å². The monoisotopic (exact) mass is 222 g/mol. The van der Waals surface area contributed by atoms with Crippen LogP contribution in [0.25, 0.3) is 22.2 Å². The third kappa shape index (κ3) is 1.69. The van der Waals surface area contributed by atoms with Crippen molar-refractivity contribution in [3.63, 3.8) is 0 Å². The van der Waals surface area contributed by atoms with Gasteiger partial charge in [0.15, 0.2) is 5.65 Å². The van der Waals surface area contributed by atoms with E-state index in [1.165, 1.54) is 0 Å². The van der Waals surface area contributed by atoms with E-state index in [0.29, 0.717) is 11.5 Å². The Hall–Kier alpha value is -2.49. The molecule has 0 aromatic carbocycles. The number of anilines is 1. The first-order valence-electron chi connectivity index (χ1n) is 5.26. The molecule has 3 heterocycles. The van der Waals surface area contributed by atoms with Crippen molar-refractivity contribution in [3.8, 4) is 11.1 Å². The van der Waals surface area contributed by atoms with Gasteiger partial charge in [-0.3, -0.25) is 4.98 Å². The third-order valence-corrected chi connectivity index (χ3v) is 2.59. The number of nitrogens with two attached hydrogens (primary N) is 1. The summed E-state index contributed by atoms with van der Waals surface area (Å²) in [6, 6.07) is 9.67. The fourth-order valence-corrected chi connectivity index (χ4v) is 1.77. The van der Waals surface area contributed by atoms with E-state index in [0.717, 1.165) is 16.5 Å². The van der Waals surface area contributed by atoms with Crippen molar-refractivity contribution in [1.82, 2.24) is 15.0 Å². The standard InChI is InChI=1S/C13H10N4/c14-12-11(10-4-1-5-15-8-10)7-9-3-2-6-16-13(9)17-12/h1-8H,(H2,14,16,17). The van der Waals surface area contributed by atoms with Crippen LogP contribution < -0.4 is 5.73 Å². The SMILES string of the molecule is Nc1nc2ncccc2cc1-c1cccnc1. The van der Waals surface area contributed by atoms with Crippen molar-refractivity contribution in [2.75, 3.05) is 5.73 Å². The number of fused-ring (bicyclic) bond motifs is 1. The Labute approximate surface area is 98.2 Å². The van der Waals surface area contributed by atoms with E-state index in [1.54, 1.807) is 18.6 Å². The van der Waals surface area contributed by atoms with Crippen molar-refractivity contribution in [2.45, 2.75) is 0 Å². The van der Waals surface area contributed by atoms with Crippen LogP contribution in [0.4, 0.5) is 5.82 Å². The zero-order valence-corrected chi connectivity index (χ0v) is 9.04. The molecule has 3 aromatic rings. The summed E-state index contributed by atoms with van der Waals surface area (Å²) in [5.41, 5.74) is 8.45. The molecule has 0 saturated carbocycles. The van der Waals surface area contributed by atoms with Gasteiger partial charge in [0.05, 0.1) is 0 Å². The topological polar surface area (TPSA) is 64.7 Å². The zero-order valence-electron chi connectivity index (χ0n) is 9.04. The van der Waals surface area contributed by atoms with E-state index in [2.05, 4.69) is 15.0 Å². The maximum atomic E-state index is 5.94. The predicted octanol–water partition coefficient (Wildman–Crippen LogP) is 2.27. The Morgan fingerprint density at radius 1 is 1.06 bits per heavy atom. The Balaban J connectivity index is 2.27. The van der Waals surface area contributed by atoms with E-state index in [1.807, 2.05) is 30.3 Å². The summed E-state index contributed by atoms with van der Waals surface area (Å²) in [6.45, 7) is 0. The van der Waals surface area contributed by atoms with Gasteiger partial charge in [-0.1, -0.05) is 6.07 Å². The summed E-state index contributed by atoms with van der Waals surface area (Å²) in [4.78, 5) is 12.5. The van der Waals surface area contributed by atoms with Gasteiger partial charge in [0.2, 0.25) is 0 Å². The van der Waals surface area contributed by atoms with Crippen LogP contribution in [-0.4, -0.2) is 15.0 Å². The molecule has 0 aliphatic rings. The number of aromatic nitrogens is 3. The lowest BCUT2D eigenvalue weighted by Crippen LogP contribution is -1.96. The summed E-state index contributed by atoms with van der Waals surface area (Å²) in [7, 11) is 0. The molecule has 0 radical (unpaired) electrons. The molecule has 0 bridgehead atoms. The molecule has 0 spiro atoms. The minimum absolute atomic E-state index is 0.476. The van der Waals surface area contributed by atoms with E-state index in [-0.39, 0.29) is 0 Å². The van der Waals surface area contributed by atoms with Gasteiger partial charge in [-0.25, -0.2) is 9.97 Å². The second-order valence-electron chi connectivity index (χ2n) is 3.71. The normalized spacial score (nSPS) is 10.6. The van der Waals surface area contributed by atoms with Gasteiger partial charge in [0.1, 0.15) is 5.82 Å². The molecular formula is C13H10N4. The average Bonchev–Trinajstić information content (AvgIpc) is 2.39. The Morgan fingerprint density at radius 2 is 1.94 bits per heavy atom. The molecule has 3 aromatic heterocycles. The minimum Gasteiger partial charge on any atom is -0.383 e. The third-order valence-electron chi connectivity index (χ3n) is 2.59. The van der Waals surface area contributed by atoms with Gasteiger partial charge in [-0.2, -0.15) is 0 Å². The molecule has 2 N–H and O–H groups in total. The first kappa shape index (κ1) is 9.72. The van der Waals surface area contributed by atoms with Crippen molar-refractivity contribution in [2.24, 2.45) is 0 Å². The highest BCUT2D eigenvalue weighted by Crippen LogP contribution is 2.26. The van der Waals surface area contributed by atoms with Crippen molar-refractivity contribution < 1.29 is 0 Å². The molecule has 3 rings (SSSR count). The molecule has 4 nitrogen and oxygen atoms in total. The van der Waals surface area contributed by atoms with Crippen LogP contribution in [0.2, 0.25) is 0 Å². The highest BCUT2D eigenvalue weighted by Gasteiger charge is 2.06. The second kappa shape index (κ2) is 3.83. The van der Waals surface area contributed by atoms with E-state index < -0.39 is 0 Å². The number of hydrogen-bond acceptors (Lipinski definition) is 4. The van der Waals surface area contributed by atoms with Crippen LogP contribution in [0, 0.1) is 0 Å². The number of pyridine rings is 3. The van der Waals surface area contributed by atoms with Gasteiger partial charge in [0, 0.05) is 35.1 Å². The minimum atomic E-state index is 0.476. The highest BCUT2D eigenvalue weighted by molar-refractivity contribution is 5.86. The van der Waals surface area contributed by atoms with E-state index in [4.69, 9.17) is 5.73 Å². The van der Waals surface area contributed by atoms with Crippen LogP contribution >= 0.6 is 0 Å². The van der Waals surface area contributed by atoms with Crippen LogP contribution in [0.5, 0.6) is 0 Å². The number of hydrogen-bond donors (Lipinski definition) is 1. The molecule has 17 heavy (non-hydrogen) atoms. The molecule has 0 fully saturated rings. The number of nitrogen functional groups attached to an aromatic ring is 1. The summed E-state index contributed by atoms with van der Waals surface area (Å²) in [5.74, 6) is 0.476. The van der Waals surface area contributed by atoms with Gasteiger partial charge in [-0.05, 0) is 24.3 Å². The first-order valence-corrected chi connectivity index (χ1v) is 5.26. The van der Waals surface area contributed by atoms with Crippen LogP contribution in [-0.2, 0) is 0 Å². The maximum absolute atomic E-state index is 5.94. The summed E-state index contributed by atoms with van der Waals surface area (Å²) in [6.07, 6.45) is 5.21. The predicted molar refractivity (Wildman–Crippen MR) is 67.2 cm³/mol. The fraction of sp³-hybridized carbons (Fsp3) is 0. The second-order valence-corrected chi connectivity index (χ2v) is 3.71. The quantitative estimate of drug-likeness (QED) is 0.686. The van der Waals surface area contributed by atoms with Crippen LogP contribution in [0.15, 0.2) is 48.9 Å². The largest absolute Gasteiger partial charge is 0.383 e. The average molecular weight is 222 g/mol. The van der Waals surface area contributed by atoms with Gasteiger partial charge >= 0.3 is 0 Å². The molecule has 0 aliphatic heterocycles. The van der Waals surface area contributed by atoms with Crippen molar-refractivity contribution >= 4 is 16.9 Å². The zero-order chi connectivity index (χ0) is 11.7. The van der Waals surface area contributed by atoms with Crippen molar-refractivity contribution in [1.29, 1.82) is 0 Å². The van der Waals surface area contributed by atoms with Gasteiger partial charge in [0.25, 0.3) is 0 Å². The first-order chi connectivity index (χ1) is 8.34. The number of nitrogens with zero attached hydrogens (tertiary/aromatic N) is 3. The molecule has 4 heteroatoms. The lowest BCUT2D eigenvalue weighted by molar-refractivity contribution is 1.28. The lowest BCUT2D eigenvalue weighted by Gasteiger charge is -2.06. The molecule has 0 aliphatic carbocycles. The lowest BCUT2D eigenvalue weighted by atomic mass is 10.1. The smallest absolute Gasteiger partial charge is 0.161 e. The molecule has 0 amide bonds. The summed E-state index contributed by atoms with van der Waals surface area (Å²) < 4.78 is 0. The fourth-order valence-electron chi connectivity index (χ4n) is 1.77. The molecular weight excluding hydrogens is 212 g/mol. The number of rotatable bonds is 1. The Bertz CT molecular complexity index is 665. The molecule has 82 valence electrons. The van der Waals surface area contributed by atoms with Gasteiger partial charge < -0.3 is 5.73 Å². The molecule has 0 atom stereocenters. The van der Waals surface area contributed by atoms with Gasteiger partial charge in [-0.15, -0.1) is 0 Å². The molecule has 0 unspecified atom stereocenters. The summed E-state index contributed by atoms with van der Waals surface area (Å²) in [5, 5.41) is 0.973. The summed E-state index contributed by atoms with van der Waals surface area (Å²) >= 11 is 0. The van der Waals surface area contributed by atoms with Crippen LogP contribution in [0.1, 0.15) is 0 Å². The Morgan fingerprint density at radius 3 is 2.76 bits per heavy atom.